The van der Waals surface area contributed by atoms with Crippen molar-refractivity contribution in [3.8, 4) is 0 Å². The van der Waals surface area contributed by atoms with E-state index in [9.17, 15) is 4.79 Å². The molecule has 0 saturated carbocycles. The van der Waals surface area contributed by atoms with Crippen molar-refractivity contribution in [2.45, 2.75) is 53.1 Å². The largest absolute Gasteiger partial charge is 0.467 e. The van der Waals surface area contributed by atoms with Crippen molar-refractivity contribution >= 4 is 5.97 Å². The molecule has 0 atom stereocenters. The van der Waals surface area contributed by atoms with Gasteiger partial charge in [-0.1, -0.05) is 20.8 Å². The van der Waals surface area contributed by atoms with Crippen LogP contribution in [0.4, 0.5) is 0 Å². The molecule has 0 unspecified atom stereocenters. The molecule has 1 heterocycles. The Labute approximate surface area is 115 Å². The Balaban J connectivity index is 2.57. The number of nitrogens with one attached hydrogen (secondary N) is 1. The third-order valence-corrected chi connectivity index (χ3v) is 2.79. The normalized spacial score (nSPS) is 12.5. The molecule has 0 radical (unpaired) electrons. The SMILES string of the molecule is COC(=O)c1coc(CNC(C)(C)CC(C)(C)C)c1. The smallest absolute Gasteiger partial charge is 0.341 e. The van der Waals surface area contributed by atoms with Gasteiger partial charge in [0, 0.05) is 5.54 Å². The molecule has 0 amide bonds. The average molecular weight is 267 g/mol. The van der Waals surface area contributed by atoms with Crippen LogP contribution in [-0.2, 0) is 11.3 Å². The van der Waals surface area contributed by atoms with Gasteiger partial charge in [-0.3, -0.25) is 0 Å². The molecule has 0 spiro atoms. The quantitative estimate of drug-likeness (QED) is 0.831. The van der Waals surface area contributed by atoms with Gasteiger partial charge in [-0.05, 0) is 31.7 Å². The van der Waals surface area contributed by atoms with Crippen molar-refractivity contribution in [1.29, 1.82) is 0 Å². The fraction of sp³-hybridized carbons (Fsp3) is 0.667. The van der Waals surface area contributed by atoms with E-state index in [2.05, 4.69) is 44.7 Å². The van der Waals surface area contributed by atoms with Crippen LogP contribution in [0.5, 0.6) is 0 Å². The second-order valence-corrected chi connectivity index (χ2v) is 6.77. The van der Waals surface area contributed by atoms with Gasteiger partial charge in [0.05, 0.1) is 19.2 Å². The zero-order valence-electron chi connectivity index (χ0n) is 12.8. The van der Waals surface area contributed by atoms with Gasteiger partial charge in [-0.25, -0.2) is 4.79 Å². The van der Waals surface area contributed by atoms with E-state index in [-0.39, 0.29) is 16.9 Å². The van der Waals surface area contributed by atoms with Crippen LogP contribution in [0, 0.1) is 5.41 Å². The van der Waals surface area contributed by atoms with Crippen LogP contribution in [0.1, 0.15) is 57.2 Å². The van der Waals surface area contributed by atoms with Crippen molar-refractivity contribution in [2.75, 3.05) is 7.11 Å². The molecule has 1 aromatic rings. The summed E-state index contributed by atoms with van der Waals surface area (Å²) in [5.74, 6) is 0.367. The Kier molecular flexibility index (Phi) is 4.80. The van der Waals surface area contributed by atoms with Crippen molar-refractivity contribution in [3.05, 3.63) is 23.7 Å². The van der Waals surface area contributed by atoms with Gasteiger partial charge in [-0.2, -0.15) is 0 Å². The summed E-state index contributed by atoms with van der Waals surface area (Å²) in [7, 11) is 1.36. The van der Waals surface area contributed by atoms with Crippen LogP contribution in [0.3, 0.4) is 0 Å². The molecule has 4 nitrogen and oxygen atoms in total. The van der Waals surface area contributed by atoms with Gasteiger partial charge in [0.15, 0.2) is 0 Å². The third kappa shape index (κ3) is 5.47. The van der Waals surface area contributed by atoms with Crippen LogP contribution in [0.25, 0.3) is 0 Å². The number of esters is 1. The number of methoxy groups -OCH3 is 1. The Bertz CT molecular complexity index is 427. The molecule has 0 aliphatic heterocycles. The second kappa shape index (κ2) is 5.78. The Hall–Kier alpha value is -1.29. The summed E-state index contributed by atoms with van der Waals surface area (Å²) in [4.78, 5) is 11.3. The van der Waals surface area contributed by atoms with Crippen molar-refractivity contribution < 1.29 is 13.9 Å². The highest BCUT2D eigenvalue weighted by Crippen LogP contribution is 2.27. The van der Waals surface area contributed by atoms with E-state index in [0.29, 0.717) is 12.1 Å². The first-order valence-corrected chi connectivity index (χ1v) is 6.54. The zero-order valence-corrected chi connectivity index (χ0v) is 12.8. The second-order valence-electron chi connectivity index (χ2n) is 6.77. The van der Waals surface area contributed by atoms with Crippen LogP contribution in [0.2, 0.25) is 0 Å². The van der Waals surface area contributed by atoms with Gasteiger partial charge in [0.25, 0.3) is 0 Å². The summed E-state index contributed by atoms with van der Waals surface area (Å²) in [6, 6.07) is 1.71. The molecule has 1 N–H and O–H groups in total. The molecule has 1 rings (SSSR count). The first-order valence-electron chi connectivity index (χ1n) is 6.54. The maximum atomic E-state index is 11.3. The summed E-state index contributed by atoms with van der Waals surface area (Å²) in [5.41, 5.74) is 0.723. The minimum atomic E-state index is -0.371. The Morgan fingerprint density at radius 2 is 1.95 bits per heavy atom. The van der Waals surface area contributed by atoms with Gasteiger partial charge in [0.2, 0.25) is 0 Å². The van der Waals surface area contributed by atoms with E-state index in [4.69, 9.17) is 4.42 Å². The predicted octanol–water partition coefficient (Wildman–Crippen LogP) is 3.37. The van der Waals surface area contributed by atoms with E-state index in [1.54, 1.807) is 6.07 Å². The van der Waals surface area contributed by atoms with Crippen LogP contribution >= 0.6 is 0 Å². The summed E-state index contributed by atoms with van der Waals surface area (Å²) in [6.45, 7) is 11.6. The van der Waals surface area contributed by atoms with Crippen molar-refractivity contribution in [2.24, 2.45) is 5.41 Å². The molecule has 0 aromatic carbocycles. The number of ether oxygens (including phenoxy) is 1. The van der Waals surface area contributed by atoms with Gasteiger partial charge in [-0.15, -0.1) is 0 Å². The van der Waals surface area contributed by atoms with Gasteiger partial charge >= 0.3 is 5.97 Å². The highest BCUT2D eigenvalue weighted by Gasteiger charge is 2.25. The number of carbonyl (C=O) groups is 1. The maximum Gasteiger partial charge on any atom is 0.341 e. The minimum Gasteiger partial charge on any atom is -0.467 e. The number of carbonyl (C=O) groups excluding carboxylic acids is 1. The highest BCUT2D eigenvalue weighted by molar-refractivity contribution is 5.88. The van der Waals surface area contributed by atoms with Gasteiger partial charge in [0.1, 0.15) is 12.0 Å². The number of hydrogen-bond donors (Lipinski definition) is 1. The molecule has 0 saturated heterocycles. The first-order chi connectivity index (χ1) is 8.63. The van der Waals surface area contributed by atoms with Crippen LogP contribution < -0.4 is 5.32 Å². The van der Waals surface area contributed by atoms with Crippen LogP contribution in [-0.4, -0.2) is 18.6 Å². The minimum absolute atomic E-state index is 0.0104. The Morgan fingerprint density at radius 3 is 2.47 bits per heavy atom. The highest BCUT2D eigenvalue weighted by atomic mass is 16.5. The van der Waals surface area contributed by atoms with E-state index < -0.39 is 0 Å². The molecule has 1 aromatic heterocycles. The molecular formula is C15H25NO3. The number of furan rings is 1. The standard InChI is InChI=1S/C15H25NO3/c1-14(2,3)10-15(4,5)16-8-12-7-11(9-19-12)13(17)18-6/h7,9,16H,8,10H2,1-6H3. The molecule has 0 aliphatic carbocycles. The first kappa shape index (κ1) is 15.8. The summed E-state index contributed by atoms with van der Waals surface area (Å²) < 4.78 is 9.99. The van der Waals surface area contributed by atoms with E-state index in [0.717, 1.165) is 12.2 Å². The lowest BCUT2D eigenvalue weighted by Gasteiger charge is -2.33. The topological polar surface area (TPSA) is 51.5 Å². The zero-order chi connectivity index (χ0) is 14.7. The maximum absolute atomic E-state index is 11.3. The molecule has 4 heteroatoms. The molecule has 108 valence electrons. The Morgan fingerprint density at radius 1 is 1.32 bits per heavy atom. The molecule has 0 fully saturated rings. The fourth-order valence-corrected chi connectivity index (χ4v) is 2.41. The third-order valence-electron chi connectivity index (χ3n) is 2.79. The molecule has 0 bridgehead atoms. The van der Waals surface area contributed by atoms with E-state index in [1.807, 2.05) is 0 Å². The molecular weight excluding hydrogens is 242 g/mol. The number of rotatable bonds is 5. The van der Waals surface area contributed by atoms with E-state index >= 15 is 0 Å². The average Bonchev–Trinajstić information content (AvgIpc) is 2.71. The van der Waals surface area contributed by atoms with E-state index in [1.165, 1.54) is 13.4 Å². The van der Waals surface area contributed by atoms with Crippen molar-refractivity contribution in [3.63, 3.8) is 0 Å². The van der Waals surface area contributed by atoms with Crippen LogP contribution in [0.15, 0.2) is 16.7 Å². The monoisotopic (exact) mass is 267 g/mol. The van der Waals surface area contributed by atoms with Crippen molar-refractivity contribution in [1.82, 2.24) is 5.32 Å². The predicted molar refractivity (Wildman–Crippen MR) is 75.0 cm³/mol. The molecule has 19 heavy (non-hydrogen) atoms. The lowest BCUT2D eigenvalue weighted by molar-refractivity contribution is 0.0600. The lowest BCUT2D eigenvalue weighted by atomic mass is 9.82. The number of hydrogen-bond acceptors (Lipinski definition) is 4. The summed E-state index contributed by atoms with van der Waals surface area (Å²) in [6.07, 6.45) is 2.48. The molecule has 0 aliphatic rings. The van der Waals surface area contributed by atoms with Gasteiger partial charge < -0.3 is 14.5 Å². The summed E-state index contributed by atoms with van der Waals surface area (Å²) in [5, 5.41) is 3.46. The summed E-state index contributed by atoms with van der Waals surface area (Å²) >= 11 is 0. The fourth-order valence-electron chi connectivity index (χ4n) is 2.41. The lowest BCUT2D eigenvalue weighted by Crippen LogP contribution is -2.41.